The van der Waals surface area contributed by atoms with Gasteiger partial charge in [0.05, 0.1) is 11.6 Å². The Morgan fingerprint density at radius 1 is 1.18 bits per heavy atom. The molecule has 1 aliphatic rings. The van der Waals surface area contributed by atoms with E-state index in [-0.39, 0.29) is 5.56 Å². The largest absolute Gasteiger partial charge is 0.369 e. The van der Waals surface area contributed by atoms with E-state index in [1.807, 2.05) is 12.1 Å². The highest BCUT2D eigenvalue weighted by Gasteiger charge is 2.11. The van der Waals surface area contributed by atoms with E-state index in [9.17, 15) is 4.79 Å². The normalized spacial score (nSPS) is 15.0. The van der Waals surface area contributed by atoms with Crippen LogP contribution in [-0.4, -0.2) is 30.7 Å². The van der Waals surface area contributed by atoms with Crippen LogP contribution in [-0.2, 0) is 6.54 Å². The Morgan fingerprint density at radius 3 is 2.77 bits per heavy atom. The van der Waals surface area contributed by atoms with Crippen LogP contribution in [0.3, 0.4) is 0 Å². The molecule has 1 fully saturated rings. The first kappa shape index (κ1) is 14.6. The molecule has 5 nitrogen and oxygen atoms in total. The summed E-state index contributed by atoms with van der Waals surface area (Å²) in [6, 6.07) is 11.9. The second-order valence-electron chi connectivity index (χ2n) is 5.57. The number of hydrogen-bond acceptors (Lipinski definition) is 4. The zero-order valence-electron chi connectivity index (χ0n) is 12.6. The molecule has 1 N–H and O–H groups in total. The highest BCUT2D eigenvalue weighted by Crippen LogP contribution is 2.22. The molecule has 0 amide bonds. The Labute approximate surface area is 129 Å². The molecule has 0 radical (unpaired) electrons. The predicted molar refractivity (Wildman–Crippen MR) is 88.1 cm³/mol. The maximum Gasteiger partial charge on any atom is 0.251 e. The minimum Gasteiger partial charge on any atom is -0.369 e. The fourth-order valence-electron chi connectivity index (χ4n) is 2.96. The number of aryl methyl sites for hydroxylation is 1. The van der Waals surface area contributed by atoms with E-state index in [0.29, 0.717) is 19.4 Å². The first-order valence-corrected chi connectivity index (χ1v) is 7.76. The van der Waals surface area contributed by atoms with Gasteiger partial charge in [-0.15, -0.1) is 0 Å². The summed E-state index contributed by atoms with van der Waals surface area (Å²) in [5, 5.41) is 13.1. The van der Waals surface area contributed by atoms with Crippen molar-refractivity contribution in [3.05, 3.63) is 40.7 Å². The fraction of sp³-hybridized carbons (Fsp3) is 0.412. The quantitative estimate of drug-likeness (QED) is 0.873. The van der Waals surface area contributed by atoms with Crippen molar-refractivity contribution in [2.45, 2.75) is 19.4 Å². The van der Waals surface area contributed by atoms with Crippen LogP contribution in [0.25, 0.3) is 10.9 Å². The lowest BCUT2D eigenvalue weighted by Crippen LogP contribution is -2.43. The van der Waals surface area contributed by atoms with Crippen molar-refractivity contribution in [3.63, 3.8) is 0 Å². The maximum atomic E-state index is 12.1. The van der Waals surface area contributed by atoms with E-state index in [4.69, 9.17) is 5.26 Å². The van der Waals surface area contributed by atoms with Gasteiger partial charge in [-0.2, -0.15) is 5.26 Å². The number of unbranched alkanes of at least 4 members (excludes halogenated alkanes) is 1. The van der Waals surface area contributed by atoms with Gasteiger partial charge >= 0.3 is 0 Å². The number of benzene rings is 1. The van der Waals surface area contributed by atoms with Gasteiger partial charge in [0, 0.05) is 56.3 Å². The van der Waals surface area contributed by atoms with E-state index in [1.54, 1.807) is 10.6 Å². The summed E-state index contributed by atoms with van der Waals surface area (Å²) in [7, 11) is 0. The van der Waals surface area contributed by atoms with E-state index >= 15 is 0 Å². The van der Waals surface area contributed by atoms with Crippen molar-refractivity contribution in [3.8, 4) is 6.07 Å². The van der Waals surface area contributed by atoms with E-state index in [1.165, 1.54) is 5.69 Å². The number of hydrogen-bond donors (Lipinski definition) is 1. The van der Waals surface area contributed by atoms with Gasteiger partial charge in [0.2, 0.25) is 0 Å². The van der Waals surface area contributed by atoms with Crippen LogP contribution in [0, 0.1) is 11.3 Å². The molecule has 0 unspecified atom stereocenters. The van der Waals surface area contributed by atoms with Crippen molar-refractivity contribution in [2.24, 2.45) is 0 Å². The summed E-state index contributed by atoms with van der Waals surface area (Å²) in [4.78, 5) is 14.4. The third-order valence-corrected chi connectivity index (χ3v) is 4.13. The van der Waals surface area contributed by atoms with Crippen LogP contribution in [0.15, 0.2) is 35.1 Å². The molecule has 5 heteroatoms. The highest BCUT2D eigenvalue weighted by atomic mass is 16.1. The Balaban J connectivity index is 1.94. The SMILES string of the molecule is N#CCCCn1c(=O)ccc2cc(N3CCNCC3)ccc21. The molecule has 1 aromatic carbocycles. The second-order valence-corrected chi connectivity index (χ2v) is 5.57. The Hall–Kier alpha value is -2.32. The summed E-state index contributed by atoms with van der Waals surface area (Å²) >= 11 is 0. The van der Waals surface area contributed by atoms with Crippen molar-refractivity contribution < 1.29 is 0 Å². The molecule has 114 valence electrons. The number of rotatable bonds is 4. The maximum absolute atomic E-state index is 12.1. The number of nitrogens with one attached hydrogen (secondary N) is 1. The van der Waals surface area contributed by atoms with Crippen LogP contribution < -0.4 is 15.8 Å². The average Bonchev–Trinajstić information content (AvgIpc) is 2.57. The molecule has 22 heavy (non-hydrogen) atoms. The lowest BCUT2D eigenvalue weighted by molar-refractivity contribution is 0.589. The lowest BCUT2D eigenvalue weighted by Gasteiger charge is -2.29. The van der Waals surface area contributed by atoms with Gasteiger partial charge in [-0.1, -0.05) is 0 Å². The average molecular weight is 296 g/mol. The highest BCUT2D eigenvalue weighted by molar-refractivity contribution is 5.83. The van der Waals surface area contributed by atoms with Gasteiger partial charge in [-0.05, 0) is 30.7 Å². The molecule has 1 saturated heterocycles. The predicted octanol–water partition coefficient (Wildman–Crippen LogP) is 1.71. The number of nitrogens with zero attached hydrogens (tertiary/aromatic N) is 3. The van der Waals surface area contributed by atoms with Crippen molar-refractivity contribution in [2.75, 3.05) is 31.1 Å². The summed E-state index contributed by atoms with van der Waals surface area (Å²) < 4.78 is 1.77. The molecule has 3 rings (SSSR count). The van der Waals surface area contributed by atoms with Gasteiger partial charge in [0.15, 0.2) is 0 Å². The summed E-state index contributed by atoms with van der Waals surface area (Å²) in [6.07, 6.45) is 1.18. The van der Waals surface area contributed by atoms with Crippen molar-refractivity contribution in [1.29, 1.82) is 5.26 Å². The van der Waals surface area contributed by atoms with Gasteiger partial charge < -0.3 is 14.8 Å². The Morgan fingerprint density at radius 2 is 2.00 bits per heavy atom. The van der Waals surface area contributed by atoms with Crippen LogP contribution >= 0.6 is 0 Å². The molecule has 0 bridgehead atoms. The molecule has 1 aliphatic heterocycles. The number of nitriles is 1. The van der Waals surface area contributed by atoms with Gasteiger partial charge in [0.25, 0.3) is 5.56 Å². The minimum absolute atomic E-state index is 0.000335. The van der Waals surface area contributed by atoms with Gasteiger partial charge in [0.1, 0.15) is 0 Å². The van der Waals surface area contributed by atoms with Crippen LogP contribution in [0.1, 0.15) is 12.8 Å². The van der Waals surface area contributed by atoms with Crippen molar-refractivity contribution in [1.82, 2.24) is 9.88 Å². The van der Waals surface area contributed by atoms with E-state index < -0.39 is 0 Å². The lowest BCUT2D eigenvalue weighted by atomic mass is 10.1. The molecule has 1 aromatic heterocycles. The zero-order valence-corrected chi connectivity index (χ0v) is 12.6. The number of anilines is 1. The second kappa shape index (κ2) is 6.63. The third-order valence-electron chi connectivity index (χ3n) is 4.13. The van der Waals surface area contributed by atoms with E-state index in [0.717, 1.165) is 37.1 Å². The topological polar surface area (TPSA) is 61.1 Å². The first-order chi connectivity index (χ1) is 10.8. The Bertz CT molecular complexity index is 753. The zero-order chi connectivity index (χ0) is 15.4. The van der Waals surface area contributed by atoms with E-state index in [2.05, 4.69) is 28.4 Å². The van der Waals surface area contributed by atoms with Gasteiger partial charge in [-0.3, -0.25) is 4.79 Å². The molecular formula is C17H20N4O. The number of piperazine rings is 1. The number of aromatic nitrogens is 1. The smallest absolute Gasteiger partial charge is 0.251 e. The van der Waals surface area contributed by atoms with Crippen LogP contribution in [0.4, 0.5) is 5.69 Å². The molecule has 2 heterocycles. The number of pyridine rings is 1. The van der Waals surface area contributed by atoms with Crippen LogP contribution in [0.5, 0.6) is 0 Å². The molecule has 0 saturated carbocycles. The molecule has 2 aromatic rings. The third kappa shape index (κ3) is 2.97. The summed E-state index contributed by atoms with van der Waals surface area (Å²) in [6.45, 7) is 4.62. The summed E-state index contributed by atoms with van der Waals surface area (Å²) in [5.74, 6) is 0. The molecular weight excluding hydrogens is 276 g/mol. The minimum atomic E-state index is 0.000335. The monoisotopic (exact) mass is 296 g/mol. The van der Waals surface area contributed by atoms with Crippen LogP contribution in [0.2, 0.25) is 0 Å². The fourth-order valence-corrected chi connectivity index (χ4v) is 2.96. The van der Waals surface area contributed by atoms with Crippen molar-refractivity contribution >= 4 is 16.6 Å². The van der Waals surface area contributed by atoms with Gasteiger partial charge in [-0.25, -0.2) is 0 Å². The molecule has 0 aliphatic carbocycles. The summed E-state index contributed by atoms with van der Waals surface area (Å²) in [5.41, 5.74) is 2.15. The molecule has 0 spiro atoms. The number of fused-ring (bicyclic) bond motifs is 1. The Kier molecular flexibility index (Phi) is 4.40. The standard InChI is InChI=1S/C17H20N4O/c18-7-1-2-10-21-16-5-4-15(20-11-8-19-9-12-20)13-14(16)3-6-17(21)22/h3-6,13,19H,1-2,8-12H2. The first-order valence-electron chi connectivity index (χ1n) is 7.76. The molecule has 0 atom stereocenters.